The van der Waals surface area contributed by atoms with Crippen molar-refractivity contribution in [2.24, 2.45) is 17.8 Å². The van der Waals surface area contributed by atoms with Crippen molar-refractivity contribution < 1.29 is 37.5 Å². The number of aryl methyl sites for hydroxylation is 1. The summed E-state index contributed by atoms with van der Waals surface area (Å²) >= 11 is 0. The third kappa shape index (κ3) is 14.1. The van der Waals surface area contributed by atoms with Crippen LogP contribution in [-0.2, 0) is 40.1 Å². The Labute approximate surface area is 398 Å². The Balaban J connectivity index is 1.10. The summed E-state index contributed by atoms with van der Waals surface area (Å²) in [6, 6.07) is 26.8. The third-order valence-electron chi connectivity index (χ3n) is 13.3. The number of carbonyl (C=O) groups excluding carboxylic acids is 1. The number of unbranched alkanes of at least 4 members (excludes halogenated alkanes) is 5. The van der Waals surface area contributed by atoms with E-state index in [-0.39, 0.29) is 37.7 Å². The molecule has 2 fully saturated rings. The Morgan fingerprint density at radius 1 is 0.818 bits per heavy atom. The van der Waals surface area contributed by atoms with E-state index in [1.54, 1.807) is 14.2 Å². The van der Waals surface area contributed by atoms with Crippen LogP contribution in [-0.4, -0.2) is 82.8 Å². The number of rotatable bonds is 27. The number of benzene rings is 3. The van der Waals surface area contributed by atoms with E-state index in [0.29, 0.717) is 37.2 Å². The number of fused-ring (bicyclic) bond motifs is 1. The molecule has 7 atom stereocenters. The van der Waals surface area contributed by atoms with Gasteiger partial charge in [-0.3, -0.25) is 4.79 Å². The van der Waals surface area contributed by atoms with E-state index in [4.69, 9.17) is 40.6 Å². The quantitative estimate of drug-likeness (QED) is 0.0183. The Hall–Kier alpha value is -3.93. The normalized spacial score (nSPS) is 21.9. The van der Waals surface area contributed by atoms with E-state index in [1.807, 2.05) is 24.3 Å². The number of hydrogen-bond acceptors (Lipinski definition) is 10. The summed E-state index contributed by atoms with van der Waals surface area (Å²) in [5, 5.41) is 9.29. The molecule has 66 heavy (non-hydrogen) atoms. The van der Waals surface area contributed by atoms with Crippen molar-refractivity contribution >= 4 is 22.3 Å². The van der Waals surface area contributed by atoms with Crippen LogP contribution in [0.2, 0.25) is 0 Å². The lowest BCUT2D eigenvalue weighted by atomic mass is 9.79. The largest absolute Gasteiger partial charge is 0.497 e. The van der Waals surface area contributed by atoms with Gasteiger partial charge in [0.2, 0.25) is 0 Å². The van der Waals surface area contributed by atoms with E-state index in [2.05, 4.69) is 98.8 Å². The first-order chi connectivity index (χ1) is 32.1. The van der Waals surface area contributed by atoms with Crippen LogP contribution in [0.25, 0.3) is 0 Å². The van der Waals surface area contributed by atoms with Gasteiger partial charge in [-0.1, -0.05) is 74.2 Å². The van der Waals surface area contributed by atoms with Crippen molar-refractivity contribution in [1.82, 2.24) is 4.67 Å². The summed E-state index contributed by atoms with van der Waals surface area (Å²) in [6.45, 7) is 9.51. The molecule has 2 radical (unpaired) electrons. The van der Waals surface area contributed by atoms with Crippen molar-refractivity contribution in [3.8, 4) is 29.4 Å². The van der Waals surface area contributed by atoms with Crippen LogP contribution in [0.3, 0.4) is 0 Å². The zero-order chi connectivity index (χ0) is 46.9. The first-order valence-electron chi connectivity index (χ1n) is 24.4. The number of esters is 1. The van der Waals surface area contributed by atoms with Gasteiger partial charge in [0.1, 0.15) is 31.1 Å². The molecule has 10 nitrogen and oxygen atoms in total. The van der Waals surface area contributed by atoms with Gasteiger partial charge in [0, 0.05) is 37.3 Å². The molecule has 3 aliphatic rings. The van der Waals surface area contributed by atoms with Gasteiger partial charge in [0.15, 0.2) is 0 Å². The van der Waals surface area contributed by atoms with E-state index < -0.39 is 32.3 Å². The Morgan fingerprint density at radius 3 is 1.91 bits per heavy atom. The minimum Gasteiger partial charge on any atom is -0.497 e. The molecular weight excluding hydrogens is 846 g/mol. The topological polar surface area (TPSA) is 109 Å². The number of nitriles is 1. The maximum absolute atomic E-state index is 12.5. The zero-order valence-electron chi connectivity index (χ0n) is 40.3. The van der Waals surface area contributed by atoms with E-state index in [0.717, 1.165) is 98.8 Å². The standard InChI is InChI=1S/C54H72BN2O8P/c1-39(2)57(40(3)4)66(63-35-17-34-56)65-50-36-52(55)64-51(50)38-62-54(43-26-30-45(59-5)31-27-43,44-28-32-46(60-6)33-29-44)42-24-22-41(23-25-42)18-13-9-7-8-10-16-21-53(58)61-37-49-47-19-14-11-12-15-20-48(47)49/h22-33,39-40,47-52H,7-10,13-21,35-38H2,1-6H3/t47-,48+,49?,50?,51-,52-,66?/m1/s1. The average molecular weight is 919 g/mol. The van der Waals surface area contributed by atoms with E-state index >= 15 is 0 Å². The summed E-state index contributed by atoms with van der Waals surface area (Å²) in [4.78, 5) is 12.5. The molecule has 0 N–H and O–H groups in total. The monoisotopic (exact) mass is 919 g/mol. The van der Waals surface area contributed by atoms with Crippen LogP contribution < -0.4 is 9.47 Å². The third-order valence-corrected chi connectivity index (χ3v) is 15.5. The molecule has 0 amide bonds. The number of nitrogens with zero attached hydrogens (tertiary/aromatic N) is 2. The number of hydrogen-bond donors (Lipinski definition) is 0. The van der Waals surface area contributed by atoms with Gasteiger partial charge >= 0.3 is 5.97 Å². The summed E-state index contributed by atoms with van der Waals surface area (Å²) in [6.07, 6.45) is 12.0. The predicted octanol–water partition coefficient (Wildman–Crippen LogP) is 11.2. The van der Waals surface area contributed by atoms with Crippen molar-refractivity contribution in [2.75, 3.05) is 34.0 Å². The van der Waals surface area contributed by atoms with E-state index in [9.17, 15) is 10.1 Å². The number of ether oxygens (including phenoxy) is 5. The summed E-state index contributed by atoms with van der Waals surface area (Å²) in [5.41, 5.74) is 3.00. The summed E-state index contributed by atoms with van der Waals surface area (Å²) in [7, 11) is 8.30. The minimum atomic E-state index is -1.53. The lowest BCUT2D eigenvalue weighted by Gasteiger charge is -2.39. The van der Waals surface area contributed by atoms with Gasteiger partial charge in [0.25, 0.3) is 8.53 Å². The second-order valence-electron chi connectivity index (χ2n) is 18.5. The number of carbonyl (C=O) groups is 1. The van der Waals surface area contributed by atoms with Crippen LogP contribution in [0.15, 0.2) is 72.8 Å². The lowest BCUT2D eigenvalue weighted by Crippen LogP contribution is -2.39. The van der Waals surface area contributed by atoms with Gasteiger partial charge in [-0.15, -0.1) is 11.8 Å². The zero-order valence-corrected chi connectivity index (χ0v) is 41.1. The first kappa shape index (κ1) is 51.5. The molecule has 0 aromatic heterocycles. The maximum atomic E-state index is 12.5. The molecule has 0 spiro atoms. The van der Waals surface area contributed by atoms with Crippen LogP contribution in [0.4, 0.5) is 0 Å². The molecule has 1 saturated carbocycles. The van der Waals surface area contributed by atoms with Gasteiger partial charge in [-0.25, -0.2) is 4.67 Å². The molecule has 3 unspecified atom stereocenters. The molecule has 6 rings (SSSR count). The Morgan fingerprint density at radius 2 is 1.36 bits per heavy atom. The Kier molecular flexibility index (Phi) is 20.3. The van der Waals surface area contributed by atoms with Crippen molar-refractivity contribution in [3.05, 3.63) is 95.1 Å². The van der Waals surface area contributed by atoms with Gasteiger partial charge < -0.3 is 32.7 Å². The minimum absolute atomic E-state index is 0.0415. The smallest absolute Gasteiger partial charge is 0.305 e. The fourth-order valence-electron chi connectivity index (χ4n) is 9.78. The molecule has 1 saturated heterocycles. The Bertz CT molecular complexity index is 1960. The second kappa shape index (κ2) is 26.0. The van der Waals surface area contributed by atoms with Gasteiger partial charge in [0.05, 0.1) is 52.6 Å². The summed E-state index contributed by atoms with van der Waals surface area (Å²) in [5.74, 6) is 9.91. The highest BCUT2D eigenvalue weighted by molar-refractivity contribution is 7.44. The maximum Gasteiger partial charge on any atom is 0.305 e. The van der Waals surface area contributed by atoms with Crippen molar-refractivity contribution in [3.63, 3.8) is 0 Å². The van der Waals surface area contributed by atoms with Crippen molar-refractivity contribution in [2.45, 2.75) is 153 Å². The SMILES string of the molecule is [B][C@H]1CC(OP(OCCC#N)N(C(C)C)C(C)C)[C@@H](COC(c2ccc(CCCCCCCCC(=O)OCC3[C@H]4CCC#CCC[C@@H]34)cc2)(c2ccc(OC)cc2)c2ccc(OC)cc2)O1. The number of methoxy groups -OCH3 is 2. The highest BCUT2D eigenvalue weighted by Crippen LogP contribution is 2.53. The molecule has 1 heterocycles. The molecule has 354 valence electrons. The molecular formula is C54H72BN2O8P. The second-order valence-corrected chi connectivity index (χ2v) is 19.9. The van der Waals surface area contributed by atoms with Crippen LogP contribution in [0.5, 0.6) is 11.5 Å². The fourth-order valence-corrected chi connectivity index (χ4v) is 11.5. The predicted molar refractivity (Wildman–Crippen MR) is 261 cm³/mol. The lowest BCUT2D eigenvalue weighted by molar-refractivity contribution is -0.144. The first-order valence-corrected chi connectivity index (χ1v) is 25.5. The van der Waals surface area contributed by atoms with E-state index in [1.165, 1.54) is 5.56 Å². The fraction of sp³-hybridized carbons (Fsp3) is 0.593. The molecule has 12 heteroatoms. The highest BCUT2D eigenvalue weighted by atomic mass is 31.2. The molecule has 1 aliphatic heterocycles. The van der Waals surface area contributed by atoms with Gasteiger partial charge in [-0.2, -0.15) is 5.26 Å². The molecule has 0 bridgehead atoms. The average Bonchev–Trinajstić information content (AvgIpc) is 3.82. The molecule has 2 aliphatic carbocycles. The van der Waals surface area contributed by atoms with Crippen LogP contribution >= 0.6 is 8.53 Å². The molecule has 3 aromatic rings. The summed E-state index contributed by atoms with van der Waals surface area (Å²) < 4.78 is 45.9. The van der Waals surface area contributed by atoms with Crippen molar-refractivity contribution in [1.29, 1.82) is 5.26 Å². The van der Waals surface area contributed by atoms with Crippen LogP contribution in [0, 0.1) is 40.9 Å². The molecule has 3 aromatic carbocycles. The van der Waals surface area contributed by atoms with Gasteiger partial charge in [-0.05, 0) is 130 Å². The highest BCUT2D eigenvalue weighted by Gasteiger charge is 2.49. The van der Waals surface area contributed by atoms with Crippen LogP contribution in [0.1, 0.15) is 133 Å².